The second-order valence-electron chi connectivity index (χ2n) is 6.89. The van der Waals surface area contributed by atoms with E-state index in [1.807, 2.05) is 60.2 Å². The highest BCUT2D eigenvalue weighted by Crippen LogP contribution is 2.25. The first-order chi connectivity index (χ1) is 14.0. The highest BCUT2D eigenvalue weighted by Gasteiger charge is 2.37. The number of aromatic nitrogens is 1. The van der Waals surface area contributed by atoms with Gasteiger partial charge in [-0.2, -0.15) is 0 Å². The second kappa shape index (κ2) is 7.24. The number of rotatable bonds is 3. The lowest BCUT2D eigenvalue weighted by Crippen LogP contribution is -2.54. The number of para-hydroxylation sites is 1. The minimum atomic E-state index is -0.750. The fraction of sp³-hybridized carbons (Fsp3) is 0.0870. The number of hydrogen-bond donors (Lipinski definition) is 1. The van der Waals surface area contributed by atoms with Gasteiger partial charge in [0.05, 0.1) is 5.69 Å². The molecule has 1 aromatic heterocycles. The van der Waals surface area contributed by atoms with Crippen molar-refractivity contribution in [2.45, 2.75) is 13.8 Å². The van der Waals surface area contributed by atoms with Crippen LogP contribution in [0.25, 0.3) is 11.8 Å². The molecular formula is C23H19N3O3. The monoisotopic (exact) mass is 385 g/mol. The van der Waals surface area contributed by atoms with Crippen molar-refractivity contribution in [3.8, 4) is 5.69 Å². The number of nitrogens with one attached hydrogen (secondary N) is 1. The molecule has 6 heteroatoms. The molecule has 1 fully saturated rings. The van der Waals surface area contributed by atoms with E-state index in [1.165, 1.54) is 6.08 Å². The molecule has 4 amide bonds. The predicted molar refractivity (Wildman–Crippen MR) is 111 cm³/mol. The van der Waals surface area contributed by atoms with Crippen molar-refractivity contribution >= 4 is 29.6 Å². The third kappa shape index (κ3) is 3.36. The molecule has 144 valence electrons. The highest BCUT2D eigenvalue weighted by molar-refractivity contribution is 6.39. The summed E-state index contributed by atoms with van der Waals surface area (Å²) >= 11 is 0. The van der Waals surface area contributed by atoms with Crippen LogP contribution in [0.4, 0.5) is 10.5 Å². The molecule has 6 nitrogen and oxygen atoms in total. The van der Waals surface area contributed by atoms with Crippen molar-refractivity contribution in [2.75, 3.05) is 4.90 Å². The summed E-state index contributed by atoms with van der Waals surface area (Å²) in [4.78, 5) is 38.9. The van der Waals surface area contributed by atoms with Gasteiger partial charge < -0.3 is 4.57 Å². The maximum Gasteiger partial charge on any atom is 0.335 e. The summed E-state index contributed by atoms with van der Waals surface area (Å²) in [5.74, 6) is -1.35. The van der Waals surface area contributed by atoms with Gasteiger partial charge in [-0.3, -0.25) is 14.9 Å². The Labute approximate surface area is 168 Å². The van der Waals surface area contributed by atoms with E-state index in [2.05, 4.69) is 5.32 Å². The molecule has 0 radical (unpaired) electrons. The molecule has 4 rings (SSSR count). The number of hydrogen-bond acceptors (Lipinski definition) is 3. The summed E-state index contributed by atoms with van der Waals surface area (Å²) in [6, 6.07) is 17.8. The highest BCUT2D eigenvalue weighted by atomic mass is 16.2. The van der Waals surface area contributed by atoms with Crippen molar-refractivity contribution < 1.29 is 14.4 Å². The van der Waals surface area contributed by atoms with Crippen LogP contribution >= 0.6 is 0 Å². The standard InChI is InChI=1S/C23H19N3O3/c1-15-7-5-9-17(13-15)25-12-6-10-18(25)14-19-21(27)24-23(29)26(22(19)28)20-11-4-3-8-16(20)2/h3-14H,1-2H3,(H,24,27,29). The number of nitrogens with zero attached hydrogens (tertiary/aromatic N) is 2. The number of barbiturate groups is 1. The second-order valence-corrected chi connectivity index (χ2v) is 6.89. The molecule has 1 aliphatic heterocycles. The zero-order valence-corrected chi connectivity index (χ0v) is 16.0. The Hall–Kier alpha value is -3.93. The molecule has 0 unspecified atom stereocenters. The molecule has 0 bridgehead atoms. The van der Waals surface area contributed by atoms with Crippen LogP contribution in [0.1, 0.15) is 16.8 Å². The summed E-state index contributed by atoms with van der Waals surface area (Å²) in [5, 5.41) is 2.27. The molecule has 3 aromatic rings. The van der Waals surface area contributed by atoms with Crippen LogP contribution in [-0.2, 0) is 9.59 Å². The zero-order chi connectivity index (χ0) is 20.5. The summed E-state index contributed by atoms with van der Waals surface area (Å²) in [7, 11) is 0. The molecular weight excluding hydrogens is 366 g/mol. The average Bonchev–Trinajstić information content (AvgIpc) is 3.15. The Bertz CT molecular complexity index is 1170. The van der Waals surface area contributed by atoms with Crippen LogP contribution in [0.15, 0.2) is 72.4 Å². The molecule has 0 aliphatic carbocycles. The van der Waals surface area contributed by atoms with Gasteiger partial charge in [-0.05, 0) is 61.4 Å². The lowest BCUT2D eigenvalue weighted by molar-refractivity contribution is -0.122. The summed E-state index contributed by atoms with van der Waals surface area (Å²) < 4.78 is 1.88. The van der Waals surface area contributed by atoms with Gasteiger partial charge >= 0.3 is 6.03 Å². The van der Waals surface area contributed by atoms with Crippen molar-refractivity contribution in [1.29, 1.82) is 0 Å². The average molecular weight is 385 g/mol. The largest absolute Gasteiger partial charge is 0.335 e. The van der Waals surface area contributed by atoms with Gasteiger partial charge in [-0.1, -0.05) is 30.3 Å². The Morgan fingerprint density at radius 1 is 0.897 bits per heavy atom. The fourth-order valence-corrected chi connectivity index (χ4v) is 3.36. The van der Waals surface area contributed by atoms with Crippen LogP contribution in [0, 0.1) is 13.8 Å². The van der Waals surface area contributed by atoms with Crippen LogP contribution in [0.3, 0.4) is 0 Å². The van der Waals surface area contributed by atoms with Crippen LogP contribution in [-0.4, -0.2) is 22.4 Å². The SMILES string of the molecule is Cc1cccc(-n2cccc2C=C2C(=O)NC(=O)N(c3ccccc3C)C2=O)c1. The smallest absolute Gasteiger partial charge is 0.317 e. The van der Waals surface area contributed by atoms with E-state index in [0.717, 1.165) is 21.7 Å². The first kappa shape index (κ1) is 18.4. The molecule has 1 saturated heterocycles. The zero-order valence-electron chi connectivity index (χ0n) is 16.0. The third-order valence-electron chi connectivity index (χ3n) is 4.81. The molecule has 0 atom stereocenters. The molecule has 29 heavy (non-hydrogen) atoms. The normalized spacial score (nSPS) is 15.7. The van der Waals surface area contributed by atoms with Crippen molar-refractivity contribution in [3.05, 3.63) is 89.3 Å². The Morgan fingerprint density at radius 3 is 2.45 bits per heavy atom. The summed E-state index contributed by atoms with van der Waals surface area (Å²) in [6.45, 7) is 3.80. The van der Waals surface area contributed by atoms with E-state index >= 15 is 0 Å². The Kier molecular flexibility index (Phi) is 4.60. The van der Waals surface area contributed by atoms with E-state index in [-0.39, 0.29) is 5.57 Å². The first-order valence-corrected chi connectivity index (χ1v) is 9.17. The van der Waals surface area contributed by atoms with Crippen LogP contribution in [0.2, 0.25) is 0 Å². The lowest BCUT2D eigenvalue weighted by atomic mass is 10.1. The van der Waals surface area contributed by atoms with E-state index in [0.29, 0.717) is 11.4 Å². The van der Waals surface area contributed by atoms with Crippen molar-refractivity contribution in [2.24, 2.45) is 0 Å². The molecule has 2 aromatic carbocycles. The first-order valence-electron chi connectivity index (χ1n) is 9.17. The van der Waals surface area contributed by atoms with Gasteiger partial charge in [0.15, 0.2) is 0 Å². The van der Waals surface area contributed by atoms with E-state index in [1.54, 1.807) is 25.1 Å². The molecule has 0 saturated carbocycles. The maximum atomic E-state index is 13.1. The van der Waals surface area contributed by atoms with Crippen molar-refractivity contribution in [1.82, 2.24) is 9.88 Å². The predicted octanol–water partition coefficient (Wildman–Crippen LogP) is 3.76. The number of carbonyl (C=O) groups is 3. The number of urea groups is 1. The minimum absolute atomic E-state index is 0.0968. The topological polar surface area (TPSA) is 71.4 Å². The number of amides is 4. The van der Waals surface area contributed by atoms with E-state index in [9.17, 15) is 14.4 Å². The van der Waals surface area contributed by atoms with Gasteiger partial charge in [-0.15, -0.1) is 0 Å². The quantitative estimate of drug-likeness (QED) is 0.551. The van der Waals surface area contributed by atoms with Crippen LogP contribution < -0.4 is 10.2 Å². The van der Waals surface area contributed by atoms with Gasteiger partial charge in [0, 0.05) is 17.6 Å². The number of benzene rings is 2. The molecule has 0 spiro atoms. The van der Waals surface area contributed by atoms with E-state index < -0.39 is 17.8 Å². The summed E-state index contributed by atoms with van der Waals surface area (Å²) in [6.07, 6.45) is 3.37. The molecule has 1 N–H and O–H groups in total. The van der Waals surface area contributed by atoms with Crippen molar-refractivity contribution in [3.63, 3.8) is 0 Å². The number of aryl methyl sites for hydroxylation is 2. The summed E-state index contributed by atoms with van der Waals surface area (Å²) in [5.41, 5.74) is 3.78. The van der Waals surface area contributed by atoms with Gasteiger partial charge in [0.25, 0.3) is 11.8 Å². The van der Waals surface area contributed by atoms with Gasteiger partial charge in [0.2, 0.25) is 0 Å². The van der Waals surface area contributed by atoms with Gasteiger partial charge in [-0.25, -0.2) is 9.69 Å². The Morgan fingerprint density at radius 2 is 1.69 bits per heavy atom. The number of anilines is 1. The maximum absolute atomic E-state index is 13.1. The Balaban J connectivity index is 1.77. The third-order valence-corrected chi connectivity index (χ3v) is 4.81. The lowest BCUT2D eigenvalue weighted by Gasteiger charge is -2.27. The van der Waals surface area contributed by atoms with Gasteiger partial charge in [0.1, 0.15) is 5.57 Å². The number of imide groups is 2. The fourth-order valence-electron chi connectivity index (χ4n) is 3.36. The van der Waals surface area contributed by atoms with Crippen LogP contribution in [0.5, 0.6) is 0 Å². The van der Waals surface area contributed by atoms with E-state index in [4.69, 9.17) is 0 Å². The number of carbonyl (C=O) groups excluding carboxylic acids is 3. The molecule has 2 heterocycles. The minimum Gasteiger partial charge on any atom is -0.317 e. The molecule has 1 aliphatic rings.